The van der Waals surface area contributed by atoms with E-state index in [-0.39, 0.29) is 17.6 Å². The van der Waals surface area contributed by atoms with Gasteiger partial charge in [-0.25, -0.2) is 8.78 Å². The predicted octanol–water partition coefficient (Wildman–Crippen LogP) is 6.14. The van der Waals surface area contributed by atoms with Crippen molar-refractivity contribution in [1.82, 2.24) is 0 Å². The summed E-state index contributed by atoms with van der Waals surface area (Å²) < 4.78 is 28.1. The molecular weight excluding hydrogens is 286 g/mol. The van der Waals surface area contributed by atoms with Crippen molar-refractivity contribution < 1.29 is 8.78 Å². The molecule has 1 aliphatic carbocycles. The molecule has 1 aromatic carbocycles. The van der Waals surface area contributed by atoms with Gasteiger partial charge in [-0.05, 0) is 36.6 Å². The smallest absolute Gasteiger partial charge is 0.132 e. The second-order valence-electron chi connectivity index (χ2n) is 5.51. The Morgan fingerprint density at radius 2 is 1.86 bits per heavy atom. The Morgan fingerprint density at radius 1 is 1.10 bits per heavy atom. The van der Waals surface area contributed by atoms with E-state index in [1.165, 1.54) is 17.4 Å². The standard InChI is InChI=1S/C18H16F2S/c1-11-3-5-13(15(19)9-11)17-7-8-18(21-17)14-6-4-12(2)10-16(14)20/h3-9,12H,10H2,1-2H3. The van der Waals surface area contributed by atoms with Crippen molar-refractivity contribution in [3.8, 4) is 10.4 Å². The first-order valence-electron chi connectivity index (χ1n) is 6.98. The molecule has 1 aromatic heterocycles. The third-order valence-corrected chi connectivity index (χ3v) is 4.80. The molecule has 2 aromatic rings. The van der Waals surface area contributed by atoms with Gasteiger partial charge in [0, 0.05) is 27.3 Å². The van der Waals surface area contributed by atoms with Crippen LogP contribution in [0.3, 0.4) is 0 Å². The molecular formula is C18H16F2S. The molecule has 1 heterocycles. The van der Waals surface area contributed by atoms with Crippen LogP contribution in [0.1, 0.15) is 23.8 Å². The average molecular weight is 302 g/mol. The van der Waals surface area contributed by atoms with Gasteiger partial charge in [-0.2, -0.15) is 0 Å². The fourth-order valence-corrected chi connectivity index (χ4v) is 3.55. The molecule has 0 saturated heterocycles. The second kappa shape index (κ2) is 5.57. The SMILES string of the molecule is Cc1ccc(-c2ccc(C3=C(F)CC(C)C=C3)s2)c(F)c1. The maximum absolute atomic E-state index is 14.1. The minimum atomic E-state index is -0.231. The molecule has 0 amide bonds. The molecule has 0 radical (unpaired) electrons. The maximum Gasteiger partial charge on any atom is 0.132 e. The van der Waals surface area contributed by atoms with Crippen molar-refractivity contribution in [2.75, 3.05) is 0 Å². The lowest BCUT2D eigenvalue weighted by Crippen LogP contribution is -1.97. The Kier molecular flexibility index (Phi) is 3.77. The molecule has 0 N–H and O–H groups in total. The number of benzene rings is 1. The van der Waals surface area contributed by atoms with Gasteiger partial charge in [0.25, 0.3) is 0 Å². The molecule has 1 unspecified atom stereocenters. The largest absolute Gasteiger partial charge is 0.211 e. The Hall–Kier alpha value is -1.74. The average Bonchev–Trinajstić information content (AvgIpc) is 2.87. The van der Waals surface area contributed by atoms with E-state index < -0.39 is 0 Å². The van der Waals surface area contributed by atoms with Gasteiger partial charge < -0.3 is 0 Å². The van der Waals surface area contributed by atoms with Crippen LogP contribution in [0, 0.1) is 18.7 Å². The minimum Gasteiger partial charge on any atom is -0.211 e. The molecule has 1 aliphatic rings. The van der Waals surface area contributed by atoms with E-state index >= 15 is 0 Å². The van der Waals surface area contributed by atoms with Gasteiger partial charge in [0.1, 0.15) is 11.6 Å². The highest BCUT2D eigenvalue weighted by atomic mass is 32.1. The van der Waals surface area contributed by atoms with Crippen molar-refractivity contribution in [2.24, 2.45) is 5.92 Å². The Morgan fingerprint density at radius 3 is 2.57 bits per heavy atom. The number of rotatable bonds is 2. The van der Waals surface area contributed by atoms with Gasteiger partial charge in [0.15, 0.2) is 0 Å². The molecule has 108 valence electrons. The van der Waals surface area contributed by atoms with Crippen LogP contribution in [0.15, 0.2) is 48.3 Å². The zero-order valence-corrected chi connectivity index (χ0v) is 12.8. The van der Waals surface area contributed by atoms with Crippen LogP contribution < -0.4 is 0 Å². The zero-order valence-electron chi connectivity index (χ0n) is 12.0. The lowest BCUT2D eigenvalue weighted by Gasteiger charge is -2.13. The highest BCUT2D eigenvalue weighted by Gasteiger charge is 2.17. The van der Waals surface area contributed by atoms with Crippen molar-refractivity contribution in [2.45, 2.75) is 20.3 Å². The van der Waals surface area contributed by atoms with E-state index in [1.807, 2.05) is 44.2 Å². The van der Waals surface area contributed by atoms with E-state index in [0.717, 1.165) is 15.3 Å². The molecule has 0 spiro atoms. The third kappa shape index (κ3) is 2.84. The summed E-state index contributed by atoms with van der Waals surface area (Å²) in [6.07, 6.45) is 4.30. The summed E-state index contributed by atoms with van der Waals surface area (Å²) in [4.78, 5) is 1.68. The van der Waals surface area contributed by atoms with Crippen LogP contribution >= 0.6 is 11.3 Å². The highest BCUT2D eigenvalue weighted by Crippen LogP contribution is 2.38. The molecule has 0 fully saturated rings. The van der Waals surface area contributed by atoms with Gasteiger partial charge in [-0.15, -0.1) is 11.3 Å². The molecule has 1 atom stereocenters. The van der Waals surface area contributed by atoms with Gasteiger partial charge in [-0.1, -0.05) is 31.2 Å². The molecule has 0 saturated carbocycles. The molecule has 0 aliphatic heterocycles. The van der Waals surface area contributed by atoms with Crippen LogP contribution in [0.2, 0.25) is 0 Å². The number of allylic oxidation sites excluding steroid dienone is 4. The van der Waals surface area contributed by atoms with Gasteiger partial charge >= 0.3 is 0 Å². The first-order valence-corrected chi connectivity index (χ1v) is 7.80. The Labute approximate surface area is 127 Å². The summed E-state index contributed by atoms with van der Waals surface area (Å²) in [5.74, 6) is -0.0730. The van der Waals surface area contributed by atoms with Crippen molar-refractivity contribution in [3.05, 3.63) is 64.6 Å². The summed E-state index contributed by atoms with van der Waals surface area (Å²) in [6.45, 7) is 3.86. The van der Waals surface area contributed by atoms with Crippen molar-refractivity contribution >= 4 is 16.9 Å². The van der Waals surface area contributed by atoms with Crippen LogP contribution in [-0.4, -0.2) is 0 Å². The number of aryl methyl sites for hydroxylation is 1. The van der Waals surface area contributed by atoms with E-state index in [1.54, 1.807) is 6.07 Å². The van der Waals surface area contributed by atoms with Crippen LogP contribution in [0.5, 0.6) is 0 Å². The van der Waals surface area contributed by atoms with Gasteiger partial charge in [0.2, 0.25) is 0 Å². The minimum absolute atomic E-state index is 0.0808. The fourth-order valence-electron chi connectivity index (χ4n) is 2.47. The lowest BCUT2D eigenvalue weighted by atomic mass is 9.96. The van der Waals surface area contributed by atoms with Crippen molar-refractivity contribution in [3.63, 3.8) is 0 Å². The predicted molar refractivity (Wildman–Crippen MR) is 85.4 cm³/mol. The summed E-state index contributed by atoms with van der Waals surface area (Å²) in [6, 6.07) is 8.93. The molecule has 21 heavy (non-hydrogen) atoms. The third-order valence-electron chi connectivity index (χ3n) is 3.65. The van der Waals surface area contributed by atoms with Gasteiger partial charge in [0.05, 0.1) is 0 Å². The van der Waals surface area contributed by atoms with Crippen LogP contribution in [0.4, 0.5) is 8.78 Å². The van der Waals surface area contributed by atoms with E-state index in [2.05, 4.69) is 0 Å². The van der Waals surface area contributed by atoms with Crippen LogP contribution in [-0.2, 0) is 0 Å². The Balaban J connectivity index is 1.97. The fraction of sp³-hybridized carbons (Fsp3) is 0.222. The van der Waals surface area contributed by atoms with E-state index in [0.29, 0.717) is 17.6 Å². The topological polar surface area (TPSA) is 0 Å². The van der Waals surface area contributed by atoms with Crippen LogP contribution in [0.25, 0.3) is 16.0 Å². The summed E-state index contributed by atoms with van der Waals surface area (Å²) >= 11 is 1.43. The first-order chi connectivity index (χ1) is 10.0. The summed E-state index contributed by atoms with van der Waals surface area (Å²) in [7, 11) is 0. The quantitative estimate of drug-likeness (QED) is 0.625. The first kappa shape index (κ1) is 14.2. The molecule has 0 bridgehead atoms. The number of halogens is 2. The number of hydrogen-bond donors (Lipinski definition) is 0. The Bertz CT molecular complexity index is 737. The van der Waals surface area contributed by atoms with E-state index in [9.17, 15) is 8.78 Å². The number of hydrogen-bond acceptors (Lipinski definition) is 1. The zero-order chi connectivity index (χ0) is 15.0. The summed E-state index contributed by atoms with van der Waals surface area (Å²) in [5.41, 5.74) is 2.11. The van der Waals surface area contributed by atoms with E-state index in [4.69, 9.17) is 0 Å². The van der Waals surface area contributed by atoms with Gasteiger partial charge in [-0.3, -0.25) is 0 Å². The number of thiophene rings is 1. The van der Waals surface area contributed by atoms with Crippen molar-refractivity contribution in [1.29, 1.82) is 0 Å². The monoisotopic (exact) mass is 302 g/mol. The molecule has 0 nitrogen and oxygen atoms in total. The second-order valence-corrected chi connectivity index (χ2v) is 6.59. The normalized spacial score (nSPS) is 18.4. The molecule has 3 heteroatoms. The highest BCUT2D eigenvalue weighted by molar-refractivity contribution is 7.16. The molecule has 3 rings (SSSR count). The maximum atomic E-state index is 14.1. The lowest BCUT2D eigenvalue weighted by molar-refractivity contribution is 0.540. The summed E-state index contributed by atoms with van der Waals surface area (Å²) in [5, 5.41) is 0.